The molecule has 1 unspecified atom stereocenters. The maximum Gasteiger partial charge on any atom is 0.257 e. The first-order valence-electron chi connectivity index (χ1n) is 5.31. The van der Waals surface area contributed by atoms with Gasteiger partial charge < -0.3 is 10.4 Å². The van der Waals surface area contributed by atoms with Gasteiger partial charge in [-0.3, -0.25) is 4.79 Å². The number of amides is 1. The molecule has 1 aromatic carbocycles. The second-order valence-electron chi connectivity index (χ2n) is 4.12. The van der Waals surface area contributed by atoms with Crippen LogP contribution < -0.4 is 5.32 Å². The van der Waals surface area contributed by atoms with Crippen molar-refractivity contribution in [3.05, 3.63) is 35.4 Å². The molecule has 0 fully saturated rings. The van der Waals surface area contributed by atoms with Crippen molar-refractivity contribution in [2.75, 3.05) is 6.61 Å². The van der Waals surface area contributed by atoms with Crippen LogP contribution in [0, 0.1) is 11.6 Å². The molecular formula is C12H15F2NO2. The molecule has 5 heteroatoms. The van der Waals surface area contributed by atoms with E-state index in [9.17, 15) is 13.6 Å². The molecule has 17 heavy (non-hydrogen) atoms. The van der Waals surface area contributed by atoms with Crippen LogP contribution in [-0.4, -0.2) is 23.2 Å². The van der Waals surface area contributed by atoms with E-state index in [2.05, 4.69) is 5.32 Å². The molecule has 1 aromatic rings. The van der Waals surface area contributed by atoms with Crippen molar-refractivity contribution in [1.82, 2.24) is 5.32 Å². The van der Waals surface area contributed by atoms with Crippen molar-refractivity contribution in [2.24, 2.45) is 0 Å². The van der Waals surface area contributed by atoms with Crippen LogP contribution in [-0.2, 0) is 0 Å². The van der Waals surface area contributed by atoms with E-state index in [0.29, 0.717) is 6.42 Å². The summed E-state index contributed by atoms with van der Waals surface area (Å²) in [5.41, 5.74) is -1.51. The third-order valence-electron chi connectivity index (χ3n) is 2.73. The Balaban J connectivity index is 2.98. The Morgan fingerprint density at radius 2 is 1.94 bits per heavy atom. The first kappa shape index (κ1) is 13.6. The SMILES string of the molecule is CCC(C)(CO)NC(=O)c1c(F)cccc1F. The molecule has 1 atom stereocenters. The Hall–Kier alpha value is -1.49. The molecule has 1 amide bonds. The highest BCUT2D eigenvalue weighted by atomic mass is 19.1. The van der Waals surface area contributed by atoms with E-state index in [0.717, 1.165) is 12.1 Å². The lowest BCUT2D eigenvalue weighted by atomic mass is 9.99. The average Bonchev–Trinajstić information content (AvgIpc) is 2.28. The van der Waals surface area contributed by atoms with Crippen molar-refractivity contribution in [1.29, 1.82) is 0 Å². The van der Waals surface area contributed by atoms with E-state index in [-0.39, 0.29) is 6.61 Å². The number of carbonyl (C=O) groups is 1. The summed E-state index contributed by atoms with van der Waals surface area (Å²) >= 11 is 0. The average molecular weight is 243 g/mol. The third-order valence-corrected chi connectivity index (χ3v) is 2.73. The smallest absolute Gasteiger partial charge is 0.257 e. The van der Waals surface area contributed by atoms with Gasteiger partial charge in [-0.05, 0) is 25.5 Å². The van der Waals surface area contributed by atoms with Crippen molar-refractivity contribution in [3.8, 4) is 0 Å². The first-order valence-corrected chi connectivity index (χ1v) is 5.31. The molecule has 0 saturated carbocycles. The van der Waals surface area contributed by atoms with Crippen molar-refractivity contribution in [2.45, 2.75) is 25.8 Å². The molecular weight excluding hydrogens is 228 g/mol. The highest BCUT2D eigenvalue weighted by molar-refractivity contribution is 5.95. The van der Waals surface area contributed by atoms with Crippen LogP contribution in [0.3, 0.4) is 0 Å². The second-order valence-corrected chi connectivity index (χ2v) is 4.12. The maximum atomic E-state index is 13.3. The topological polar surface area (TPSA) is 49.3 Å². The Kier molecular flexibility index (Phi) is 4.17. The summed E-state index contributed by atoms with van der Waals surface area (Å²) in [4.78, 5) is 11.7. The summed E-state index contributed by atoms with van der Waals surface area (Å²) in [6, 6.07) is 3.22. The quantitative estimate of drug-likeness (QED) is 0.848. The molecule has 1 rings (SSSR count). The number of carbonyl (C=O) groups excluding carboxylic acids is 1. The van der Waals surface area contributed by atoms with Gasteiger partial charge in [0.2, 0.25) is 0 Å². The van der Waals surface area contributed by atoms with Crippen molar-refractivity contribution < 1.29 is 18.7 Å². The molecule has 3 nitrogen and oxygen atoms in total. The molecule has 0 aliphatic carbocycles. The van der Waals surface area contributed by atoms with Crippen LogP contribution in [0.15, 0.2) is 18.2 Å². The van der Waals surface area contributed by atoms with Gasteiger partial charge in [0.05, 0.1) is 12.1 Å². The highest BCUT2D eigenvalue weighted by Gasteiger charge is 2.26. The number of benzene rings is 1. The summed E-state index contributed by atoms with van der Waals surface area (Å²) in [6.45, 7) is 3.06. The number of aliphatic hydroxyl groups is 1. The van der Waals surface area contributed by atoms with Crippen LogP contribution in [0.2, 0.25) is 0 Å². The van der Waals surface area contributed by atoms with Crippen LogP contribution in [0.4, 0.5) is 8.78 Å². The number of nitrogens with one attached hydrogen (secondary N) is 1. The van der Waals surface area contributed by atoms with Gasteiger partial charge >= 0.3 is 0 Å². The monoisotopic (exact) mass is 243 g/mol. The Morgan fingerprint density at radius 1 is 1.41 bits per heavy atom. The molecule has 0 spiro atoms. The van der Waals surface area contributed by atoms with Crippen LogP contribution in [0.25, 0.3) is 0 Å². The largest absolute Gasteiger partial charge is 0.394 e. The van der Waals surface area contributed by atoms with Gasteiger partial charge in [0.15, 0.2) is 0 Å². The van der Waals surface area contributed by atoms with E-state index < -0.39 is 28.6 Å². The van der Waals surface area contributed by atoms with Crippen LogP contribution >= 0.6 is 0 Å². The van der Waals surface area contributed by atoms with Gasteiger partial charge in [-0.1, -0.05) is 13.0 Å². The zero-order valence-electron chi connectivity index (χ0n) is 9.76. The van der Waals surface area contributed by atoms with Gasteiger partial charge in [-0.25, -0.2) is 8.78 Å². The number of rotatable bonds is 4. The van der Waals surface area contributed by atoms with Gasteiger partial charge in [-0.15, -0.1) is 0 Å². The van der Waals surface area contributed by atoms with Gasteiger partial charge in [0, 0.05) is 0 Å². The zero-order chi connectivity index (χ0) is 13.1. The standard InChI is InChI=1S/C12H15F2NO2/c1-3-12(2,7-16)15-11(17)10-8(13)5-4-6-9(10)14/h4-6,16H,3,7H2,1-2H3,(H,15,17). The lowest BCUT2D eigenvalue weighted by Gasteiger charge is -2.27. The fourth-order valence-corrected chi connectivity index (χ4v) is 1.29. The van der Waals surface area contributed by atoms with Gasteiger partial charge in [0.1, 0.15) is 17.2 Å². The molecule has 0 aliphatic rings. The minimum absolute atomic E-state index is 0.300. The molecule has 0 saturated heterocycles. The Bertz CT molecular complexity index is 397. The predicted octanol–water partition coefficient (Wildman–Crippen LogP) is 1.86. The number of hydrogen-bond acceptors (Lipinski definition) is 2. The predicted molar refractivity (Wildman–Crippen MR) is 59.6 cm³/mol. The summed E-state index contributed by atoms with van der Waals surface area (Å²) < 4.78 is 26.6. The Labute approximate surface area is 98.5 Å². The molecule has 2 N–H and O–H groups in total. The fraction of sp³-hybridized carbons (Fsp3) is 0.417. The minimum Gasteiger partial charge on any atom is -0.394 e. The van der Waals surface area contributed by atoms with Crippen LogP contribution in [0.1, 0.15) is 30.6 Å². The first-order chi connectivity index (χ1) is 7.93. The Morgan fingerprint density at radius 3 is 2.35 bits per heavy atom. The molecule has 0 radical (unpaired) electrons. The zero-order valence-corrected chi connectivity index (χ0v) is 9.76. The molecule has 94 valence electrons. The van der Waals surface area contributed by atoms with E-state index >= 15 is 0 Å². The minimum atomic E-state index is -0.918. The summed E-state index contributed by atoms with van der Waals surface area (Å²) in [5, 5.41) is 11.5. The highest BCUT2D eigenvalue weighted by Crippen LogP contribution is 2.15. The lowest BCUT2D eigenvalue weighted by molar-refractivity contribution is 0.0839. The summed E-state index contributed by atoms with van der Waals surface area (Å²) in [6.07, 6.45) is 0.450. The maximum absolute atomic E-state index is 13.3. The summed E-state index contributed by atoms with van der Waals surface area (Å²) in [7, 11) is 0. The van der Waals surface area contributed by atoms with E-state index in [1.165, 1.54) is 6.07 Å². The third kappa shape index (κ3) is 3.00. The van der Waals surface area contributed by atoms with E-state index in [1.54, 1.807) is 13.8 Å². The van der Waals surface area contributed by atoms with Crippen LogP contribution in [0.5, 0.6) is 0 Å². The number of aliphatic hydroxyl groups excluding tert-OH is 1. The van der Waals surface area contributed by atoms with Gasteiger partial charge in [-0.2, -0.15) is 0 Å². The van der Waals surface area contributed by atoms with E-state index in [4.69, 9.17) is 5.11 Å². The number of halogens is 2. The molecule has 0 bridgehead atoms. The van der Waals surface area contributed by atoms with Gasteiger partial charge in [0.25, 0.3) is 5.91 Å². The summed E-state index contributed by atoms with van der Waals surface area (Å²) in [5.74, 6) is -2.70. The fourth-order valence-electron chi connectivity index (χ4n) is 1.29. The van der Waals surface area contributed by atoms with Crippen molar-refractivity contribution >= 4 is 5.91 Å². The normalized spacial score (nSPS) is 14.2. The molecule has 0 heterocycles. The number of hydrogen-bond donors (Lipinski definition) is 2. The lowest BCUT2D eigenvalue weighted by Crippen LogP contribution is -2.48. The van der Waals surface area contributed by atoms with Crippen molar-refractivity contribution in [3.63, 3.8) is 0 Å². The second kappa shape index (κ2) is 5.23. The molecule has 0 aliphatic heterocycles. The van der Waals surface area contributed by atoms with E-state index in [1.807, 2.05) is 0 Å². The molecule has 0 aromatic heterocycles.